The maximum absolute atomic E-state index is 13.3. The van der Waals surface area contributed by atoms with Crippen molar-refractivity contribution in [2.75, 3.05) is 34.6 Å². The number of fused-ring (bicyclic) bond motifs is 3. The van der Waals surface area contributed by atoms with Crippen molar-refractivity contribution in [3.05, 3.63) is 87.7 Å². The minimum Gasteiger partial charge on any atom is -0.493 e. The summed E-state index contributed by atoms with van der Waals surface area (Å²) in [7, 11) is 4.58. The lowest BCUT2D eigenvalue weighted by molar-refractivity contribution is 0.0600. The number of nitrogens with zero attached hydrogens (tertiary/aromatic N) is 1. The van der Waals surface area contributed by atoms with E-state index in [4.69, 9.17) is 23.7 Å². The quantitative estimate of drug-likeness (QED) is 0.328. The Balaban J connectivity index is 1.34. The van der Waals surface area contributed by atoms with Gasteiger partial charge in [0.25, 0.3) is 0 Å². The summed E-state index contributed by atoms with van der Waals surface area (Å²) in [6.45, 7) is 3.68. The fourth-order valence-corrected chi connectivity index (χ4v) is 4.73. The van der Waals surface area contributed by atoms with Gasteiger partial charge in [0.15, 0.2) is 17.3 Å². The van der Waals surface area contributed by atoms with Crippen LogP contribution in [0.15, 0.2) is 54.3 Å². The molecule has 0 saturated carbocycles. The van der Waals surface area contributed by atoms with E-state index in [1.54, 1.807) is 44.6 Å². The monoisotopic (exact) mass is 515 g/mol. The maximum Gasteiger partial charge on any atom is 0.337 e. The third-order valence-electron chi connectivity index (χ3n) is 6.78. The Morgan fingerprint density at radius 2 is 1.79 bits per heavy atom. The number of carbonyl (C=O) groups excluding carboxylic acids is 2. The van der Waals surface area contributed by atoms with Gasteiger partial charge in [-0.15, -0.1) is 0 Å². The van der Waals surface area contributed by atoms with Crippen LogP contribution >= 0.6 is 0 Å². The van der Waals surface area contributed by atoms with E-state index in [2.05, 4.69) is 4.90 Å². The number of ether oxygens (including phenoxy) is 5. The molecule has 0 atom stereocenters. The lowest BCUT2D eigenvalue weighted by Crippen LogP contribution is -2.34. The van der Waals surface area contributed by atoms with Crippen LogP contribution in [0.4, 0.5) is 0 Å². The van der Waals surface area contributed by atoms with Crippen LogP contribution in [0.25, 0.3) is 6.08 Å². The van der Waals surface area contributed by atoms with Crippen LogP contribution in [0.5, 0.6) is 23.0 Å². The molecule has 0 radical (unpaired) electrons. The second-order valence-electron chi connectivity index (χ2n) is 9.19. The number of esters is 1. The van der Waals surface area contributed by atoms with E-state index in [-0.39, 0.29) is 11.5 Å². The van der Waals surface area contributed by atoms with Gasteiger partial charge < -0.3 is 23.7 Å². The molecule has 8 nitrogen and oxygen atoms in total. The van der Waals surface area contributed by atoms with Crippen LogP contribution in [0, 0.1) is 6.92 Å². The highest BCUT2D eigenvalue weighted by Crippen LogP contribution is 2.44. The largest absolute Gasteiger partial charge is 0.493 e. The molecule has 0 saturated heterocycles. The van der Waals surface area contributed by atoms with E-state index in [9.17, 15) is 9.59 Å². The zero-order valence-electron chi connectivity index (χ0n) is 21.8. The van der Waals surface area contributed by atoms with Gasteiger partial charge in [0.05, 0.1) is 38.0 Å². The minimum absolute atomic E-state index is 0.167. The number of allylic oxidation sites excluding steroid dienone is 1. The van der Waals surface area contributed by atoms with E-state index in [1.807, 2.05) is 31.2 Å². The van der Waals surface area contributed by atoms with E-state index >= 15 is 0 Å². The third kappa shape index (κ3) is 4.82. The number of rotatable bonds is 7. The molecule has 0 spiro atoms. The number of carbonyl (C=O) groups is 2. The fraction of sp³-hybridized carbons (Fsp3) is 0.267. The molecule has 0 unspecified atom stereocenters. The Hall–Kier alpha value is -4.30. The average molecular weight is 516 g/mol. The van der Waals surface area contributed by atoms with Crippen molar-refractivity contribution in [3.8, 4) is 23.0 Å². The molecular formula is C30H29NO7. The molecule has 196 valence electrons. The fourth-order valence-electron chi connectivity index (χ4n) is 4.73. The van der Waals surface area contributed by atoms with Crippen molar-refractivity contribution in [2.45, 2.75) is 19.9 Å². The van der Waals surface area contributed by atoms with Crippen LogP contribution < -0.4 is 18.9 Å². The van der Waals surface area contributed by atoms with Gasteiger partial charge in [0.1, 0.15) is 18.2 Å². The van der Waals surface area contributed by atoms with Crippen molar-refractivity contribution in [1.82, 2.24) is 4.90 Å². The molecule has 38 heavy (non-hydrogen) atoms. The van der Waals surface area contributed by atoms with Gasteiger partial charge in [-0.1, -0.05) is 18.2 Å². The first kappa shape index (κ1) is 25.4. The topological polar surface area (TPSA) is 83.5 Å². The molecule has 2 aliphatic heterocycles. The number of aryl methyl sites for hydroxylation is 1. The lowest BCUT2D eigenvalue weighted by Gasteiger charge is -2.30. The summed E-state index contributed by atoms with van der Waals surface area (Å²) in [6.07, 6.45) is 2.48. The summed E-state index contributed by atoms with van der Waals surface area (Å²) < 4.78 is 27.7. The maximum atomic E-state index is 13.3. The predicted octanol–water partition coefficient (Wildman–Crippen LogP) is 4.81. The van der Waals surface area contributed by atoms with Gasteiger partial charge in [-0.3, -0.25) is 9.69 Å². The zero-order valence-corrected chi connectivity index (χ0v) is 21.8. The van der Waals surface area contributed by atoms with E-state index in [1.165, 1.54) is 7.11 Å². The summed E-state index contributed by atoms with van der Waals surface area (Å²) >= 11 is 0. The first-order chi connectivity index (χ1) is 18.4. The molecule has 3 aromatic carbocycles. The van der Waals surface area contributed by atoms with Crippen molar-refractivity contribution in [1.29, 1.82) is 0 Å². The first-order valence-electron chi connectivity index (χ1n) is 12.3. The van der Waals surface area contributed by atoms with Gasteiger partial charge in [-0.05, 0) is 66.4 Å². The molecule has 2 heterocycles. The molecular weight excluding hydrogens is 486 g/mol. The second kappa shape index (κ2) is 10.6. The van der Waals surface area contributed by atoms with Crippen LogP contribution in [-0.4, -0.2) is 51.3 Å². The van der Waals surface area contributed by atoms with E-state index in [0.717, 1.165) is 41.0 Å². The second-order valence-corrected chi connectivity index (χ2v) is 9.19. The molecule has 8 heteroatoms. The Morgan fingerprint density at radius 1 is 1.03 bits per heavy atom. The molecule has 0 bridgehead atoms. The number of benzene rings is 3. The molecule has 5 rings (SSSR count). The summed E-state index contributed by atoms with van der Waals surface area (Å²) in [4.78, 5) is 27.2. The Kier molecular flexibility index (Phi) is 7.07. The summed E-state index contributed by atoms with van der Waals surface area (Å²) in [6, 6.07) is 14.6. The van der Waals surface area contributed by atoms with Gasteiger partial charge in [0.2, 0.25) is 5.78 Å². The van der Waals surface area contributed by atoms with Crippen LogP contribution in [0.3, 0.4) is 0 Å². The van der Waals surface area contributed by atoms with E-state index in [0.29, 0.717) is 41.7 Å². The Bertz CT molecular complexity index is 1430. The SMILES string of the molecule is COC(=O)c1ccc(/C=C2/Oc3c4c(cc(C)c3C2=O)OCN(CCc2ccc(OC)c(OC)c2)C4)cc1. The van der Waals surface area contributed by atoms with Crippen LogP contribution in [0.2, 0.25) is 0 Å². The highest BCUT2D eigenvalue weighted by atomic mass is 16.5. The van der Waals surface area contributed by atoms with Crippen molar-refractivity contribution >= 4 is 17.8 Å². The normalized spacial score (nSPS) is 15.4. The van der Waals surface area contributed by atoms with Crippen LogP contribution in [0.1, 0.15) is 43.0 Å². The lowest BCUT2D eigenvalue weighted by atomic mass is 9.98. The molecule has 0 aromatic heterocycles. The highest BCUT2D eigenvalue weighted by Gasteiger charge is 2.35. The molecule has 0 amide bonds. The summed E-state index contributed by atoms with van der Waals surface area (Å²) in [5, 5.41) is 0. The van der Waals surface area contributed by atoms with Crippen molar-refractivity contribution < 1.29 is 33.3 Å². The molecule has 0 fully saturated rings. The summed E-state index contributed by atoms with van der Waals surface area (Å²) in [5.74, 6) is 2.35. The predicted molar refractivity (Wildman–Crippen MR) is 141 cm³/mol. The molecule has 0 N–H and O–H groups in total. The highest BCUT2D eigenvalue weighted by molar-refractivity contribution is 6.16. The Labute approximate surface area is 221 Å². The van der Waals surface area contributed by atoms with Gasteiger partial charge in [-0.2, -0.15) is 0 Å². The Morgan fingerprint density at radius 3 is 2.50 bits per heavy atom. The number of hydrogen-bond acceptors (Lipinski definition) is 8. The standard InChI is InChI=1S/C30H29NO7/c1-18-13-24-22(16-31(17-37-24)12-11-20-7-10-23(34-2)25(14-20)35-3)29-27(18)28(32)26(38-29)15-19-5-8-21(9-6-19)30(33)36-4/h5-10,13-15H,11-12,16-17H2,1-4H3/b26-15+. The van der Waals surface area contributed by atoms with Gasteiger partial charge in [-0.25, -0.2) is 4.79 Å². The number of Topliss-reactive ketones (excluding diaryl/α,β-unsaturated/α-hetero) is 1. The smallest absolute Gasteiger partial charge is 0.337 e. The average Bonchev–Trinajstić information content (AvgIpc) is 3.28. The minimum atomic E-state index is -0.414. The molecule has 3 aromatic rings. The van der Waals surface area contributed by atoms with Gasteiger partial charge in [0, 0.05) is 13.1 Å². The van der Waals surface area contributed by atoms with E-state index < -0.39 is 5.97 Å². The third-order valence-corrected chi connectivity index (χ3v) is 6.78. The van der Waals surface area contributed by atoms with Crippen molar-refractivity contribution in [3.63, 3.8) is 0 Å². The van der Waals surface area contributed by atoms with Gasteiger partial charge >= 0.3 is 5.97 Å². The van der Waals surface area contributed by atoms with Crippen molar-refractivity contribution in [2.24, 2.45) is 0 Å². The molecule has 0 aliphatic carbocycles. The number of ketones is 1. The zero-order chi connectivity index (χ0) is 26.8. The summed E-state index contributed by atoms with van der Waals surface area (Å²) in [5.41, 5.74) is 4.54. The molecule has 2 aliphatic rings. The van der Waals surface area contributed by atoms with Crippen LogP contribution in [-0.2, 0) is 17.7 Å². The number of methoxy groups -OCH3 is 3. The number of hydrogen-bond donors (Lipinski definition) is 0. The first-order valence-corrected chi connectivity index (χ1v) is 12.3.